The Balaban J connectivity index is 2.23. The summed E-state index contributed by atoms with van der Waals surface area (Å²) in [5, 5.41) is 0. The van der Waals surface area contributed by atoms with Crippen molar-refractivity contribution < 1.29 is 0 Å². The number of pyridine rings is 3. The minimum Gasteiger partial charge on any atom is -0.260 e. The van der Waals surface area contributed by atoms with Crippen LogP contribution in [-0.2, 0) is 5.41 Å². The molecular weight excluding hydrogens is 258 g/mol. The van der Waals surface area contributed by atoms with E-state index in [9.17, 15) is 0 Å². The molecule has 104 valence electrons. The maximum absolute atomic E-state index is 4.62. The first-order valence-electron chi connectivity index (χ1n) is 6.97. The number of hydrogen-bond acceptors (Lipinski definition) is 3. The van der Waals surface area contributed by atoms with Crippen molar-refractivity contribution in [1.82, 2.24) is 15.0 Å². The highest BCUT2D eigenvalue weighted by atomic mass is 14.8. The number of hydrogen-bond donors (Lipinski definition) is 0. The van der Waals surface area contributed by atoms with Crippen LogP contribution in [0.5, 0.6) is 0 Å². The largest absolute Gasteiger partial charge is 0.260 e. The zero-order chi connectivity index (χ0) is 14.7. The summed E-state index contributed by atoms with van der Waals surface area (Å²) in [4.78, 5) is 13.7. The molecule has 0 bridgehead atoms. The molecule has 3 heterocycles. The summed E-state index contributed by atoms with van der Waals surface area (Å²) < 4.78 is 0. The number of rotatable bonds is 3. The van der Waals surface area contributed by atoms with Crippen molar-refractivity contribution >= 4 is 0 Å². The molecular formula is C18H17N3. The fraction of sp³-hybridized carbons (Fsp3) is 0.167. The van der Waals surface area contributed by atoms with Gasteiger partial charge in [-0.25, -0.2) is 0 Å². The topological polar surface area (TPSA) is 38.7 Å². The summed E-state index contributed by atoms with van der Waals surface area (Å²) in [7, 11) is 0. The van der Waals surface area contributed by atoms with Crippen molar-refractivity contribution in [2.24, 2.45) is 0 Å². The molecule has 3 heteroatoms. The van der Waals surface area contributed by atoms with Crippen LogP contribution in [0.1, 0.15) is 29.6 Å². The zero-order valence-corrected chi connectivity index (χ0v) is 12.2. The minimum atomic E-state index is -0.462. The van der Waals surface area contributed by atoms with Crippen molar-refractivity contribution in [2.45, 2.75) is 19.3 Å². The number of nitrogens with zero attached hydrogens (tertiary/aromatic N) is 3. The Bertz CT molecular complexity index is 667. The van der Waals surface area contributed by atoms with Gasteiger partial charge in [-0.3, -0.25) is 15.0 Å². The predicted octanol–water partition coefficient (Wildman–Crippen LogP) is 3.53. The van der Waals surface area contributed by atoms with Crippen molar-refractivity contribution in [3.05, 3.63) is 89.8 Å². The van der Waals surface area contributed by atoms with E-state index in [2.05, 4.69) is 34.0 Å². The van der Waals surface area contributed by atoms with Gasteiger partial charge >= 0.3 is 0 Å². The summed E-state index contributed by atoms with van der Waals surface area (Å²) in [6.45, 7) is 4.16. The highest BCUT2D eigenvalue weighted by Crippen LogP contribution is 2.35. The van der Waals surface area contributed by atoms with Gasteiger partial charge in [0.25, 0.3) is 0 Å². The molecule has 3 aromatic rings. The molecule has 0 fully saturated rings. The quantitative estimate of drug-likeness (QED) is 0.734. The first kappa shape index (κ1) is 13.4. The smallest absolute Gasteiger partial charge is 0.0939 e. The van der Waals surface area contributed by atoms with Crippen LogP contribution in [0.15, 0.2) is 67.1 Å². The van der Waals surface area contributed by atoms with Crippen LogP contribution in [0.4, 0.5) is 0 Å². The molecule has 3 nitrogen and oxygen atoms in total. The Kier molecular flexibility index (Phi) is 3.48. The van der Waals surface area contributed by atoms with Crippen LogP contribution in [0, 0.1) is 6.92 Å². The van der Waals surface area contributed by atoms with E-state index >= 15 is 0 Å². The van der Waals surface area contributed by atoms with Crippen molar-refractivity contribution in [2.75, 3.05) is 0 Å². The van der Waals surface area contributed by atoms with E-state index in [-0.39, 0.29) is 0 Å². The van der Waals surface area contributed by atoms with Gasteiger partial charge in [-0.15, -0.1) is 0 Å². The predicted molar refractivity (Wildman–Crippen MR) is 83.0 cm³/mol. The third kappa shape index (κ3) is 2.42. The molecule has 0 saturated carbocycles. The van der Waals surface area contributed by atoms with Crippen LogP contribution >= 0.6 is 0 Å². The van der Waals surface area contributed by atoms with E-state index in [1.54, 1.807) is 0 Å². The molecule has 0 N–H and O–H groups in total. The Morgan fingerprint density at radius 2 is 1.29 bits per heavy atom. The van der Waals surface area contributed by atoms with Gasteiger partial charge in [0.05, 0.1) is 22.5 Å². The summed E-state index contributed by atoms with van der Waals surface area (Å²) >= 11 is 0. The normalized spacial score (nSPS) is 11.3. The van der Waals surface area contributed by atoms with E-state index in [0.29, 0.717) is 0 Å². The van der Waals surface area contributed by atoms with Gasteiger partial charge in [0.2, 0.25) is 0 Å². The second kappa shape index (κ2) is 5.44. The monoisotopic (exact) mass is 275 g/mol. The molecule has 0 saturated heterocycles. The second-order valence-corrected chi connectivity index (χ2v) is 5.28. The van der Waals surface area contributed by atoms with E-state index in [1.807, 2.05) is 61.9 Å². The van der Waals surface area contributed by atoms with E-state index < -0.39 is 5.41 Å². The minimum absolute atomic E-state index is 0.462. The Hall–Kier alpha value is -2.55. The molecule has 0 radical (unpaired) electrons. The van der Waals surface area contributed by atoms with Gasteiger partial charge in [-0.1, -0.05) is 18.2 Å². The maximum Gasteiger partial charge on any atom is 0.0939 e. The number of aromatic nitrogens is 3. The van der Waals surface area contributed by atoms with Crippen molar-refractivity contribution in [3.63, 3.8) is 0 Å². The lowest BCUT2D eigenvalue weighted by molar-refractivity contribution is 0.619. The van der Waals surface area contributed by atoms with Crippen LogP contribution < -0.4 is 0 Å². The van der Waals surface area contributed by atoms with Crippen LogP contribution in [0.2, 0.25) is 0 Å². The van der Waals surface area contributed by atoms with Crippen LogP contribution in [0.3, 0.4) is 0 Å². The third-order valence-electron chi connectivity index (χ3n) is 3.78. The summed E-state index contributed by atoms with van der Waals surface area (Å²) in [5.41, 5.74) is 3.52. The Morgan fingerprint density at radius 1 is 0.714 bits per heavy atom. The molecule has 0 amide bonds. The molecule has 0 aliphatic rings. The summed E-state index contributed by atoms with van der Waals surface area (Å²) in [6, 6.07) is 16.0. The first-order chi connectivity index (χ1) is 10.2. The van der Waals surface area contributed by atoms with E-state index in [0.717, 1.165) is 22.6 Å². The molecule has 0 aliphatic heterocycles. The van der Waals surface area contributed by atoms with Crippen molar-refractivity contribution in [1.29, 1.82) is 0 Å². The third-order valence-corrected chi connectivity index (χ3v) is 3.78. The van der Waals surface area contributed by atoms with Gasteiger partial charge in [-0.05, 0) is 49.7 Å². The molecule has 0 spiro atoms. The van der Waals surface area contributed by atoms with Gasteiger partial charge < -0.3 is 0 Å². The summed E-state index contributed by atoms with van der Waals surface area (Å²) in [5.74, 6) is 0. The molecule has 3 aromatic heterocycles. The van der Waals surface area contributed by atoms with Gasteiger partial charge in [0.1, 0.15) is 0 Å². The number of aryl methyl sites for hydroxylation is 1. The van der Waals surface area contributed by atoms with E-state index in [1.165, 1.54) is 0 Å². The van der Waals surface area contributed by atoms with Gasteiger partial charge in [-0.2, -0.15) is 0 Å². The molecule has 0 aliphatic carbocycles. The fourth-order valence-electron chi connectivity index (χ4n) is 2.47. The summed E-state index contributed by atoms with van der Waals surface area (Å²) in [6.07, 6.45) is 5.51. The van der Waals surface area contributed by atoms with Crippen LogP contribution in [-0.4, -0.2) is 15.0 Å². The average Bonchev–Trinajstić information content (AvgIpc) is 2.56. The first-order valence-corrected chi connectivity index (χ1v) is 6.97. The SMILES string of the molecule is Cc1ccc(C(C)(c2ccccn2)c2ccccn2)nc1. The molecule has 0 aromatic carbocycles. The highest BCUT2D eigenvalue weighted by Gasteiger charge is 2.35. The van der Waals surface area contributed by atoms with Gasteiger partial charge in [0.15, 0.2) is 0 Å². The maximum atomic E-state index is 4.62. The highest BCUT2D eigenvalue weighted by molar-refractivity contribution is 5.41. The van der Waals surface area contributed by atoms with Crippen molar-refractivity contribution in [3.8, 4) is 0 Å². The lowest BCUT2D eigenvalue weighted by atomic mass is 9.78. The average molecular weight is 275 g/mol. The Labute approximate surface area is 124 Å². The van der Waals surface area contributed by atoms with Gasteiger partial charge in [0, 0.05) is 18.6 Å². The zero-order valence-electron chi connectivity index (χ0n) is 12.2. The lowest BCUT2D eigenvalue weighted by Gasteiger charge is -2.28. The second-order valence-electron chi connectivity index (χ2n) is 5.28. The Morgan fingerprint density at radius 3 is 1.71 bits per heavy atom. The molecule has 0 atom stereocenters. The molecule has 21 heavy (non-hydrogen) atoms. The fourth-order valence-corrected chi connectivity index (χ4v) is 2.47. The standard InChI is InChI=1S/C18H17N3/c1-14-9-10-17(21-13-14)18(2,15-7-3-5-11-19-15)16-8-4-6-12-20-16/h3-13H,1-2H3. The van der Waals surface area contributed by atoms with E-state index in [4.69, 9.17) is 0 Å². The lowest BCUT2D eigenvalue weighted by Crippen LogP contribution is -2.28. The molecule has 3 rings (SSSR count). The molecule has 0 unspecified atom stereocenters. The van der Waals surface area contributed by atoms with Crippen LogP contribution in [0.25, 0.3) is 0 Å².